The van der Waals surface area contributed by atoms with Gasteiger partial charge in [0.2, 0.25) is 0 Å². The van der Waals surface area contributed by atoms with Gasteiger partial charge in [0.15, 0.2) is 0 Å². The van der Waals surface area contributed by atoms with E-state index >= 15 is 0 Å². The third kappa shape index (κ3) is 44.2. The first-order valence-corrected chi connectivity index (χ1v) is 13.8. The average molecular weight is 433 g/mol. The Morgan fingerprint density at radius 2 is 0.654 bits per heavy atom. The molecule has 0 aliphatic heterocycles. The van der Waals surface area contributed by atoms with Gasteiger partial charge in [-0.3, -0.25) is 0 Å². The molecule has 0 aromatic carbocycles. The Bertz CT molecular complexity index is 165. The molecule has 0 saturated carbocycles. The Kier molecular flexibility index (Phi) is 39.9. The van der Waals surface area contributed by atoms with Gasteiger partial charge in [-0.15, -0.1) is 0 Å². The van der Waals surface area contributed by atoms with Crippen LogP contribution in [0.2, 0.25) is 4.71 Å². The molecule has 0 N–H and O–H groups in total. The van der Waals surface area contributed by atoms with Crippen LogP contribution < -0.4 is 0 Å². The molecule has 0 radical (unpaired) electrons. The number of rotatable bonds is 16. The van der Waals surface area contributed by atoms with E-state index < -0.39 is 0 Å². The van der Waals surface area contributed by atoms with E-state index in [0.717, 1.165) is 4.71 Å². The number of hydrogen-bond acceptors (Lipinski definition) is 0. The molecule has 0 aliphatic carbocycles. The standard InChI is InChI=1S/C9H21As.2C8H18/c1-3-4-5-6-7-8-9(2)10;2*1-3-5-7-8-6-4-2/h9H,3-8,10H2,1-2H3;2*3-8H2,1-2H3. The molecular formula is C25H57As. The predicted molar refractivity (Wildman–Crippen MR) is 129 cm³/mol. The summed E-state index contributed by atoms with van der Waals surface area (Å²) in [4.78, 5) is 0. The Balaban J connectivity index is -0.000000308. The molecule has 0 fully saturated rings. The van der Waals surface area contributed by atoms with Crippen molar-refractivity contribution in [3.8, 4) is 0 Å². The van der Waals surface area contributed by atoms with Crippen LogP contribution >= 0.6 is 0 Å². The summed E-state index contributed by atoms with van der Waals surface area (Å²) in [5.74, 6) is 0. The Labute approximate surface area is 178 Å². The van der Waals surface area contributed by atoms with Gasteiger partial charge in [-0.25, -0.2) is 0 Å². The third-order valence-electron chi connectivity index (χ3n) is 4.68. The van der Waals surface area contributed by atoms with Crippen LogP contribution in [0.3, 0.4) is 0 Å². The maximum absolute atomic E-state index is 2.33. The van der Waals surface area contributed by atoms with E-state index in [1.54, 1.807) is 0 Å². The molecule has 162 valence electrons. The van der Waals surface area contributed by atoms with Gasteiger partial charge in [0, 0.05) is 0 Å². The van der Waals surface area contributed by atoms with Crippen LogP contribution in [0.5, 0.6) is 0 Å². The van der Waals surface area contributed by atoms with Gasteiger partial charge in [0.25, 0.3) is 0 Å². The van der Waals surface area contributed by atoms with E-state index in [-0.39, 0.29) is 0 Å². The van der Waals surface area contributed by atoms with Gasteiger partial charge < -0.3 is 0 Å². The average Bonchev–Trinajstić information content (AvgIpc) is 2.63. The molecular weight excluding hydrogens is 375 g/mol. The van der Waals surface area contributed by atoms with Crippen molar-refractivity contribution < 1.29 is 0 Å². The van der Waals surface area contributed by atoms with Crippen LogP contribution in [0.15, 0.2) is 0 Å². The molecule has 0 nitrogen and oxygen atoms in total. The molecule has 0 rings (SSSR count). The first kappa shape index (κ1) is 31.3. The first-order valence-electron chi connectivity index (χ1n) is 12.4. The van der Waals surface area contributed by atoms with Gasteiger partial charge >= 0.3 is 73.9 Å². The van der Waals surface area contributed by atoms with E-state index in [2.05, 4.69) is 41.5 Å². The number of unbranched alkanes of at least 4 members (excludes halogenated alkanes) is 14. The molecule has 0 heterocycles. The van der Waals surface area contributed by atoms with Crippen molar-refractivity contribution in [2.75, 3.05) is 0 Å². The van der Waals surface area contributed by atoms with Crippen LogP contribution in [0.4, 0.5) is 0 Å². The fourth-order valence-corrected chi connectivity index (χ4v) is 3.27. The van der Waals surface area contributed by atoms with Crippen LogP contribution in [-0.4, -0.2) is 16.9 Å². The fraction of sp³-hybridized carbons (Fsp3) is 1.00. The summed E-state index contributed by atoms with van der Waals surface area (Å²) >= 11 is 1.89. The van der Waals surface area contributed by atoms with Crippen molar-refractivity contribution in [1.29, 1.82) is 0 Å². The molecule has 2 unspecified atom stereocenters. The molecule has 0 spiro atoms. The molecule has 0 aromatic rings. The summed E-state index contributed by atoms with van der Waals surface area (Å²) in [6, 6.07) is 0. The van der Waals surface area contributed by atoms with Crippen molar-refractivity contribution in [2.24, 2.45) is 0 Å². The zero-order chi connectivity index (χ0) is 20.3. The summed E-state index contributed by atoms with van der Waals surface area (Å²) in [6.45, 7) is 13.6. The minimum atomic E-state index is 0.967. The van der Waals surface area contributed by atoms with Gasteiger partial charge in [-0.05, 0) is 0 Å². The Morgan fingerprint density at radius 3 is 0.846 bits per heavy atom. The van der Waals surface area contributed by atoms with Crippen molar-refractivity contribution in [3.05, 3.63) is 0 Å². The van der Waals surface area contributed by atoms with Gasteiger partial charge in [0.05, 0.1) is 0 Å². The molecule has 0 aromatic heterocycles. The normalized spacial score (nSPS) is 11.2. The second kappa shape index (κ2) is 33.2. The SMILES string of the molecule is CCCCCCCC.CCCCCCCC.CCCCCCCC(C)[AsH2]. The molecule has 1 heteroatoms. The summed E-state index contributed by atoms with van der Waals surface area (Å²) < 4.78 is 0.967. The summed E-state index contributed by atoms with van der Waals surface area (Å²) in [5, 5.41) is 0. The van der Waals surface area contributed by atoms with Gasteiger partial charge in [0.1, 0.15) is 0 Å². The zero-order valence-corrected chi connectivity index (χ0v) is 22.3. The Morgan fingerprint density at radius 1 is 0.423 bits per heavy atom. The van der Waals surface area contributed by atoms with Crippen LogP contribution in [0.25, 0.3) is 0 Å². The van der Waals surface area contributed by atoms with Crippen molar-refractivity contribution in [3.63, 3.8) is 0 Å². The van der Waals surface area contributed by atoms with Crippen LogP contribution in [-0.2, 0) is 0 Å². The molecule has 0 bridgehead atoms. The second-order valence-corrected chi connectivity index (χ2v) is 10.4. The quantitative estimate of drug-likeness (QED) is 0.168. The maximum atomic E-state index is 2.33. The van der Waals surface area contributed by atoms with Crippen LogP contribution in [0, 0.1) is 0 Å². The third-order valence-corrected chi connectivity index (χ3v) is 5.38. The van der Waals surface area contributed by atoms with Crippen molar-refractivity contribution in [1.82, 2.24) is 0 Å². The predicted octanol–water partition coefficient (Wildman–Crippen LogP) is 9.52. The number of hydrogen-bond donors (Lipinski definition) is 0. The van der Waals surface area contributed by atoms with E-state index in [1.807, 2.05) is 16.9 Å². The summed E-state index contributed by atoms with van der Waals surface area (Å²) in [5.41, 5.74) is 0. The molecule has 0 saturated heterocycles. The second-order valence-electron chi connectivity index (χ2n) is 8.01. The zero-order valence-electron chi connectivity index (χ0n) is 19.9. The molecule has 2 atom stereocenters. The van der Waals surface area contributed by atoms with E-state index in [9.17, 15) is 0 Å². The van der Waals surface area contributed by atoms with Gasteiger partial charge in [-0.1, -0.05) is 105 Å². The minimum absolute atomic E-state index is 0.967. The molecule has 0 amide bonds. The van der Waals surface area contributed by atoms with Gasteiger partial charge in [-0.2, -0.15) is 0 Å². The summed E-state index contributed by atoms with van der Waals surface area (Å²) in [6.07, 6.45) is 25.6. The van der Waals surface area contributed by atoms with E-state index in [0.29, 0.717) is 0 Å². The van der Waals surface area contributed by atoms with E-state index in [1.165, 1.54) is 116 Å². The van der Waals surface area contributed by atoms with E-state index in [4.69, 9.17) is 0 Å². The van der Waals surface area contributed by atoms with Crippen LogP contribution in [0.1, 0.15) is 157 Å². The Hall–Kier alpha value is 0.558. The first-order chi connectivity index (χ1) is 12.6. The monoisotopic (exact) mass is 432 g/mol. The molecule has 26 heavy (non-hydrogen) atoms. The van der Waals surface area contributed by atoms with Crippen molar-refractivity contribution >= 4 is 16.9 Å². The molecule has 0 aliphatic rings. The topological polar surface area (TPSA) is 0 Å². The fourth-order valence-electron chi connectivity index (χ4n) is 2.78. The van der Waals surface area contributed by atoms with Crippen molar-refractivity contribution in [2.45, 2.75) is 162 Å². The summed E-state index contributed by atoms with van der Waals surface area (Å²) in [7, 11) is 0.